The lowest BCUT2D eigenvalue weighted by Gasteiger charge is -2.27. The van der Waals surface area contributed by atoms with E-state index in [1.54, 1.807) is 0 Å². The molecule has 42 heavy (non-hydrogen) atoms. The Bertz CT molecular complexity index is 1470. The van der Waals surface area contributed by atoms with Crippen molar-refractivity contribution in [2.45, 2.75) is 57.6 Å². The van der Waals surface area contributed by atoms with E-state index in [-0.39, 0.29) is 37.5 Å². The molecule has 2 heterocycles. The van der Waals surface area contributed by atoms with Crippen LogP contribution in [0.15, 0.2) is 54.6 Å². The number of halogens is 1. The SMILES string of the molecule is CCc1cccc(CC)c1NC(=O)CN1C[C@H](c2cc3c(cc2F)OCO3)C(C(=O)O)[C@@H]1c1ccc(OC2CC2)cc1. The maximum Gasteiger partial charge on any atom is 0.309 e. The van der Waals surface area contributed by atoms with Gasteiger partial charge in [0.25, 0.3) is 0 Å². The second-order valence-electron chi connectivity index (χ2n) is 11.2. The zero-order chi connectivity index (χ0) is 29.4. The summed E-state index contributed by atoms with van der Waals surface area (Å²) < 4.78 is 32.1. The van der Waals surface area contributed by atoms with Crippen LogP contribution in [0.4, 0.5) is 10.1 Å². The standard InChI is InChI=1S/C33H35FN2O6/c1-3-19-6-5-7-20(4-2)31(19)35-29(37)17-36-16-25(24-14-27-28(15-26(24)34)41-18-40-27)30(33(38)39)32(36)21-8-10-22(11-9-21)42-23-12-13-23/h5-11,14-15,23,25,30,32H,3-4,12-13,16-18H2,1-2H3,(H,35,37)(H,38,39)/t25-,30?,32+/m1/s1. The number of benzene rings is 3. The van der Waals surface area contributed by atoms with Crippen molar-refractivity contribution >= 4 is 17.6 Å². The number of carboxylic acid groups (broad SMARTS) is 1. The number of amides is 1. The summed E-state index contributed by atoms with van der Waals surface area (Å²) in [5, 5.41) is 13.6. The van der Waals surface area contributed by atoms with Crippen molar-refractivity contribution in [2.75, 3.05) is 25.2 Å². The number of ether oxygens (including phenoxy) is 3. The summed E-state index contributed by atoms with van der Waals surface area (Å²) in [5.74, 6) is -2.22. The predicted molar refractivity (Wildman–Crippen MR) is 155 cm³/mol. The molecular weight excluding hydrogens is 539 g/mol. The first-order valence-electron chi connectivity index (χ1n) is 14.6. The van der Waals surface area contributed by atoms with Crippen molar-refractivity contribution in [3.05, 3.63) is 82.7 Å². The Labute approximate surface area is 244 Å². The molecule has 0 radical (unpaired) electrons. The zero-order valence-electron chi connectivity index (χ0n) is 23.8. The summed E-state index contributed by atoms with van der Waals surface area (Å²) in [7, 11) is 0. The van der Waals surface area contributed by atoms with E-state index >= 15 is 4.39 Å². The van der Waals surface area contributed by atoms with E-state index in [2.05, 4.69) is 5.32 Å². The van der Waals surface area contributed by atoms with Crippen LogP contribution in [0.3, 0.4) is 0 Å². The Morgan fingerprint density at radius 2 is 1.69 bits per heavy atom. The van der Waals surface area contributed by atoms with Gasteiger partial charge < -0.3 is 24.6 Å². The van der Waals surface area contributed by atoms with Crippen LogP contribution in [0.1, 0.15) is 60.9 Å². The van der Waals surface area contributed by atoms with Crippen LogP contribution in [0.25, 0.3) is 0 Å². The van der Waals surface area contributed by atoms with Crippen LogP contribution >= 0.6 is 0 Å². The second kappa shape index (κ2) is 11.6. The smallest absolute Gasteiger partial charge is 0.309 e. The van der Waals surface area contributed by atoms with Gasteiger partial charge in [-0.15, -0.1) is 0 Å². The first-order chi connectivity index (χ1) is 20.4. The Morgan fingerprint density at radius 1 is 1.02 bits per heavy atom. The van der Waals surface area contributed by atoms with Crippen LogP contribution in [0.5, 0.6) is 17.2 Å². The van der Waals surface area contributed by atoms with Gasteiger partial charge in [0.1, 0.15) is 11.6 Å². The van der Waals surface area contributed by atoms with Crippen molar-refractivity contribution in [1.29, 1.82) is 0 Å². The Morgan fingerprint density at radius 3 is 2.31 bits per heavy atom. The van der Waals surface area contributed by atoms with Gasteiger partial charge in [-0.25, -0.2) is 4.39 Å². The maximum atomic E-state index is 15.4. The lowest BCUT2D eigenvalue weighted by molar-refractivity contribution is -0.143. The lowest BCUT2D eigenvalue weighted by Crippen LogP contribution is -2.35. The van der Waals surface area contributed by atoms with E-state index in [0.717, 1.165) is 53.8 Å². The average molecular weight is 575 g/mol. The van der Waals surface area contributed by atoms with Gasteiger partial charge in [0.15, 0.2) is 11.5 Å². The topological polar surface area (TPSA) is 97.3 Å². The molecule has 9 heteroatoms. The first-order valence-corrected chi connectivity index (χ1v) is 14.6. The number of carboxylic acids is 1. The average Bonchev–Trinajstić information content (AvgIpc) is 3.54. The summed E-state index contributed by atoms with van der Waals surface area (Å²) in [6.45, 7) is 4.17. The summed E-state index contributed by atoms with van der Waals surface area (Å²) in [4.78, 5) is 28.3. The predicted octanol–water partition coefficient (Wildman–Crippen LogP) is 5.70. The highest BCUT2D eigenvalue weighted by Crippen LogP contribution is 2.48. The number of hydrogen-bond acceptors (Lipinski definition) is 6. The molecule has 6 rings (SSSR count). The van der Waals surface area contributed by atoms with E-state index in [1.807, 2.05) is 61.2 Å². The second-order valence-corrected chi connectivity index (χ2v) is 11.2. The normalized spacial score (nSPS) is 21.4. The van der Waals surface area contributed by atoms with Crippen molar-refractivity contribution < 1.29 is 33.3 Å². The van der Waals surface area contributed by atoms with Crippen LogP contribution in [0, 0.1) is 11.7 Å². The lowest BCUT2D eigenvalue weighted by atomic mass is 9.82. The molecule has 3 atom stereocenters. The number of rotatable bonds is 10. The minimum absolute atomic E-state index is 0.0194. The highest BCUT2D eigenvalue weighted by molar-refractivity contribution is 5.94. The fraction of sp³-hybridized carbons (Fsp3) is 0.394. The highest BCUT2D eigenvalue weighted by atomic mass is 19.1. The third-order valence-corrected chi connectivity index (χ3v) is 8.43. The number of aryl methyl sites for hydroxylation is 2. The molecular formula is C33H35FN2O6. The fourth-order valence-electron chi connectivity index (χ4n) is 6.21. The third kappa shape index (κ3) is 5.53. The van der Waals surface area contributed by atoms with Crippen LogP contribution in [0.2, 0.25) is 0 Å². The van der Waals surface area contributed by atoms with Gasteiger partial charge in [-0.05, 0) is 66.1 Å². The molecule has 0 spiro atoms. The monoisotopic (exact) mass is 574 g/mol. The molecule has 1 aliphatic carbocycles. The van der Waals surface area contributed by atoms with Crippen molar-refractivity contribution in [3.8, 4) is 17.2 Å². The molecule has 3 aromatic carbocycles. The van der Waals surface area contributed by atoms with Gasteiger partial charge in [-0.2, -0.15) is 0 Å². The third-order valence-electron chi connectivity index (χ3n) is 8.43. The number of nitrogens with one attached hydrogen (secondary N) is 1. The van der Waals surface area contributed by atoms with E-state index in [9.17, 15) is 14.7 Å². The number of fused-ring (bicyclic) bond motifs is 1. The molecule has 1 saturated carbocycles. The van der Waals surface area contributed by atoms with Gasteiger partial charge in [-0.1, -0.05) is 44.2 Å². The van der Waals surface area contributed by atoms with Gasteiger partial charge >= 0.3 is 5.97 Å². The zero-order valence-corrected chi connectivity index (χ0v) is 23.8. The molecule has 2 aliphatic heterocycles. The van der Waals surface area contributed by atoms with Crippen LogP contribution in [-0.2, 0) is 22.4 Å². The Hall–Kier alpha value is -4.11. The molecule has 8 nitrogen and oxygen atoms in total. The summed E-state index contributed by atoms with van der Waals surface area (Å²) in [6.07, 6.45) is 3.80. The van der Waals surface area contributed by atoms with Crippen molar-refractivity contribution in [2.24, 2.45) is 5.92 Å². The van der Waals surface area contributed by atoms with E-state index < -0.39 is 29.7 Å². The van der Waals surface area contributed by atoms with Crippen LogP contribution < -0.4 is 19.5 Å². The minimum Gasteiger partial charge on any atom is -0.490 e. The number of carbonyl (C=O) groups excluding carboxylic acids is 1. The molecule has 0 bridgehead atoms. The largest absolute Gasteiger partial charge is 0.490 e. The Kier molecular flexibility index (Phi) is 7.77. The molecule has 0 aromatic heterocycles. The summed E-state index contributed by atoms with van der Waals surface area (Å²) >= 11 is 0. The van der Waals surface area contributed by atoms with Crippen LogP contribution in [-0.4, -0.2) is 47.9 Å². The number of likely N-dealkylation sites (tertiary alicyclic amines) is 1. The van der Waals surface area contributed by atoms with Gasteiger partial charge in [-0.3, -0.25) is 14.5 Å². The number of aliphatic carboxylic acids is 1. The van der Waals surface area contributed by atoms with Gasteiger partial charge in [0, 0.05) is 30.3 Å². The number of para-hydroxylation sites is 1. The molecule has 2 fully saturated rings. The fourth-order valence-corrected chi connectivity index (χ4v) is 6.21. The van der Waals surface area contributed by atoms with Crippen molar-refractivity contribution in [1.82, 2.24) is 4.90 Å². The van der Waals surface area contributed by atoms with E-state index in [4.69, 9.17) is 14.2 Å². The Balaban J connectivity index is 1.34. The molecule has 1 amide bonds. The number of carbonyl (C=O) groups is 2. The maximum absolute atomic E-state index is 15.4. The first kappa shape index (κ1) is 28.0. The molecule has 2 N–H and O–H groups in total. The molecule has 1 saturated heterocycles. The minimum atomic E-state index is -1.06. The highest BCUT2D eigenvalue weighted by Gasteiger charge is 2.49. The molecule has 220 valence electrons. The molecule has 3 aliphatic rings. The quantitative estimate of drug-likeness (QED) is 0.321. The van der Waals surface area contributed by atoms with E-state index in [0.29, 0.717) is 11.5 Å². The number of hydrogen-bond donors (Lipinski definition) is 2. The van der Waals surface area contributed by atoms with Gasteiger partial charge in [0.2, 0.25) is 12.7 Å². The molecule has 1 unspecified atom stereocenters. The van der Waals surface area contributed by atoms with Gasteiger partial charge in [0.05, 0.1) is 18.6 Å². The number of anilines is 1. The van der Waals surface area contributed by atoms with E-state index in [1.165, 1.54) is 12.1 Å². The summed E-state index contributed by atoms with van der Waals surface area (Å²) in [6, 6.07) is 15.5. The molecule has 3 aromatic rings. The number of nitrogens with zero attached hydrogens (tertiary/aromatic N) is 1. The summed E-state index contributed by atoms with van der Waals surface area (Å²) in [5.41, 5.74) is 3.84. The van der Waals surface area contributed by atoms with Crippen molar-refractivity contribution in [3.63, 3.8) is 0 Å².